The summed E-state index contributed by atoms with van der Waals surface area (Å²) >= 11 is 0. The minimum atomic E-state index is -1.69. The van der Waals surface area contributed by atoms with Crippen LogP contribution in [0.15, 0.2) is 36.4 Å². The minimum absolute atomic E-state index is 0.00384. The number of nitrogens with one attached hydrogen (secondary N) is 2. The molecular weight excluding hydrogens is 422 g/mol. The number of halogens is 2. The summed E-state index contributed by atoms with van der Waals surface area (Å²) < 4.78 is 34.8. The molecule has 32 heavy (non-hydrogen) atoms. The first kappa shape index (κ1) is 24.7. The lowest BCUT2D eigenvalue weighted by atomic mass is 10.0. The van der Waals surface area contributed by atoms with Crippen LogP contribution in [0, 0.1) is 17.0 Å². The van der Waals surface area contributed by atoms with Crippen molar-refractivity contribution in [3.8, 4) is 0 Å². The fraction of sp³-hybridized carbons (Fsp3) is 0.318. The van der Waals surface area contributed by atoms with Crippen molar-refractivity contribution in [2.75, 3.05) is 19.0 Å². The third kappa shape index (κ3) is 6.01. The average Bonchev–Trinajstić information content (AvgIpc) is 2.72. The van der Waals surface area contributed by atoms with Crippen molar-refractivity contribution in [3.05, 3.63) is 64.7 Å². The van der Waals surface area contributed by atoms with E-state index in [1.54, 1.807) is 38.1 Å². The molecule has 5 N–H and O–H groups in total. The molecule has 1 amide bonds. The van der Waals surface area contributed by atoms with Crippen molar-refractivity contribution in [2.45, 2.75) is 32.5 Å². The first-order chi connectivity index (χ1) is 15.0. The molecule has 0 saturated heterocycles. The Kier molecular flexibility index (Phi) is 8.25. The minimum Gasteiger partial charge on any atom is -0.480 e. The standard InChI is InChI=1S/C22H26F2N4O4/c1-12(2)27-16-9-8-15(23)18(19(16)24)20(32-3)22(31)28(11-17(29)30)10-13-4-6-14(7-5-13)21(25)26/h4-9,12,20,27H,10-11H2,1-3H3,(H3,25,26)(H,29,30). The van der Waals surface area contributed by atoms with Gasteiger partial charge in [0.05, 0.1) is 11.3 Å². The normalized spacial score (nSPS) is 11.8. The summed E-state index contributed by atoms with van der Waals surface area (Å²) in [5, 5.41) is 19.5. The van der Waals surface area contributed by atoms with E-state index in [4.69, 9.17) is 15.9 Å². The Balaban J connectivity index is 2.41. The second kappa shape index (κ2) is 10.7. The summed E-state index contributed by atoms with van der Waals surface area (Å²) in [6.07, 6.45) is -1.69. The van der Waals surface area contributed by atoms with E-state index >= 15 is 4.39 Å². The van der Waals surface area contributed by atoms with E-state index in [-0.39, 0.29) is 24.1 Å². The molecular formula is C22H26F2N4O4. The van der Waals surface area contributed by atoms with Crippen molar-refractivity contribution < 1.29 is 28.2 Å². The molecule has 2 rings (SSSR count). The number of nitrogens with zero attached hydrogens (tertiary/aromatic N) is 1. The molecule has 0 aliphatic heterocycles. The lowest BCUT2D eigenvalue weighted by Gasteiger charge is -2.27. The van der Waals surface area contributed by atoms with Gasteiger partial charge in [-0.05, 0) is 31.5 Å². The molecule has 2 aromatic rings. The zero-order chi connectivity index (χ0) is 24.0. The van der Waals surface area contributed by atoms with Gasteiger partial charge in [-0.3, -0.25) is 15.0 Å². The van der Waals surface area contributed by atoms with Crippen molar-refractivity contribution in [1.29, 1.82) is 5.41 Å². The maximum Gasteiger partial charge on any atom is 0.323 e. The molecule has 0 fully saturated rings. The SMILES string of the molecule is COC(C(=O)N(CC(=O)O)Cc1ccc(C(=N)N)cc1)c1c(F)ccc(NC(C)C)c1F. The van der Waals surface area contributed by atoms with Gasteiger partial charge in [0, 0.05) is 25.3 Å². The molecule has 10 heteroatoms. The number of aliphatic carboxylic acids is 1. The number of anilines is 1. The molecule has 1 atom stereocenters. The number of carboxylic acids is 1. The van der Waals surface area contributed by atoms with Crippen LogP contribution in [0.4, 0.5) is 14.5 Å². The van der Waals surface area contributed by atoms with E-state index in [0.29, 0.717) is 11.1 Å². The predicted molar refractivity (Wildman–Crippen MR) is 115 cm³/mol. The lowest BCUT2D eigenvalue weighted by molar-refractivity contribution is -0.150. The van der Waals surface area contributed by atoms with Crippen LogP contribution in [0.25, 0.3) is 0 Å². The Morgan fingerprint density at radius 1 is 1.19 bits per heavy atom. The van der Waals surface area contributed by atoms with Crippen molar-refractivity contribution >= 4 is 23.4 Å². The third-order valence-corrected chi connectivity index (χ3v) is 4.57. The molecule has 8 nitrogen and oxygen atoms in total. The van der Waals surface area contributed by atoms with Gasteiger partial charge in [0.25, 0.3) is 5.91 Å². The second-order valence-corrected chi connectivity index (χ2v) is 7.44. The van der Waals surface area contributed by atoms with Gasteiger partial charge in [0.2, 0.25) is 0 Å². The molecule has 0 bridgehead atoms. The quantitative estimate of drug-likeness (QED) is 0.327. The molecule has 0 spiro atoms. The molecule has 2 aromatic carbocycles. The van der Waals surface area contributed by atoms with Crippen molar-refractivity contribution in [2.24, 2.45) is 5.73 Å². The Hall–Kier alpha value is -3.53. The van der Waals surface area contributed by atoms with Gasteiger partial charge < -0.3 is 25.8 Å². The summed E-state index contributed by atoms with van der Waals surface area (Å²) in [4.78, 5) is 25.5. The maximum atomic E-state index is 15.1. The summed E-state index contributed by atoms with van der Waals surface area (Å²) in [5.74, 6) is -4.33. The van der Waals surface area contributed by atoms with Crippen LogP contribution < -0.4 is 11.1 Å². The topological polar surface area (TPSA) is 129 Å². The van der Waals surface area contributed by atoms with Crippen LogP contribution in [0.3, 0.4) is 0 Å². The van der Waals surface area contributed by atoms with E-state index < -0.39 is 41.7 Å². The number of rotatable bonds is 10. The van der Waals surface area contributed by atoms with E-state index in [1.165, 1.54) is 6.07 Å². The molecule has 172 valence electrons. The van der Waals surface area contributed by atoms with Crippen LogP contribution in [0.2, 0.25) is 0 Å². The van der Waals surface area contributed by atoms with Crippen LogP contribution in [0.1, 0.15) is 36.6 Å². The highest BCUT2D eigenvalue weighted by molar-refractivity contribution is 5.94. The Labute approximate surface area is 184 Å². The molecule has 0 heterocycles. The summed E-state index contributed by atoms with van der Waals surface area (Å²) in [7, 11) is 1.12. The van der Waals surface area contributed by atoms with Crippen LogP contribution in [-0.4, -0.2) is 47.4 Å². The van der Waals surface area contributed by atoms with Crippen LogP contribution in [0.5, 0.6) is 0 Å². The fourth-order valence-corrected chi connectivity index (χ4v) is 3.13. The number of carbonyl (C=O) groups is 2. The summed E-state index contributed by atoms with van der Waals surface area (Å²) in [6.45, 7) is 2.68. The molecule has 0 saturated carbocycles. The van der Waals surface area contributed by atoms with Crippen LogP contribution >= 0.6 is 0 Å². The largest absolute Gasteiger partial charge is 0.480 e. The Morgan fingerprint density at radius 3 is 2.31 bits per heavy atom. The molecule has 0 aliphatic carbocycles. The van der Waals surface area contributed by atoms with E-state index in [9.17, 15) is 19.1 Å². The number of amides is 1. The van der Waals surface area contributed by atoms with Gasteiger partial charge in [-0.1, -0.05) is 24.3 Å². The number of hydrogen-bond acceptors (Lipinski definition) is 5. The van der Waals surface area contributed by atoms with E-state index in [0.717, 1.165) is 18.1 Å². The monoisotopic (exact) mass is 448 g/mol. The zero-order valence-corrected chi connectivity index (χ0v) is 18.0. The Morgan fingerprint density at radius 2 is 1.81 bits per heavy atom. The molecule has 1 unspecified atom stereocenters. The summed E-state index contributed by atoms with van der Waals surface area (Å²) in [5.41, 5.74) is 5.80. The van der Waals surface area contributed by atoms with Gasteiger partial charge in [0.1, 0.15) is 18.2 Å². The maximum absolute atomic E-state index is 15.1. The summed E-state index contributed by atoms with van der Waals surface area (Å²) in [6, 6.07) is 8.34. The number of methoxy groups -OCH3 is 1. The molecule has 0 aliphatic rings. The third-order valence-electron chi connectivity index (χ3n) is 4.57. The highest BCUT2D eigenvalue weighted by atomic mass is 19.1. The number of carboxylic acid groups (broad SMARTS) is 1. The van der Waals surface area contributed by atoms with E-state index in [2.05, 4.69) is 5.32 Å². The van der Waals surface area contributed by atoms with Gasteiger partial charge >= 0.3 is 5.97 Å². The number of ether oxygens (including phenoxy) is 1. The number of amidine groups is 1. The highest BCUT2D eigenvalue weighted by Gasteiger charge is 2.33. The highest BCUT2D eigenvalue weighted by Crippen LogP contribution is 2.30. The van der Waals surface area contributed by atoms with Gasteiger partial charge in [-0.15, -0.1) is 0 Å². The van der Waals surface area contributed by atoms with Gasteiger partial charge in [-0.25, -0.2) is 8.78 Å². The zero-order valence-electron chi connectivity index (χ0n) is 18.0. The number of nitrogen functional groups attached to an aromatic ring is 1. The lowest BCUT2D eigenvalue weighted by Crippen LogP contribution is -2.39. The molecule has 0 radical (unpaired) electrons. The first-order valence-electron chi connectivity index (χ1n) is 9.76. The predicted octanol–water partition coefficient (Wildman–Crippen LogP) is 2.87. The molecule has 0 aromatic heterocycles. The fourth-order valence-electron chi connectivity index (χ4n) is 3.13. The number of benzene rings is 2. The number of hydrogen-bond donors (Lipinski definition) is 4. The van der Waals surface area contributed by atoms with Gasteiger partial charge in [0.15, 0.2) is 11.9 Å². The Bertz CT molecular complexity index is 996. The van der Waals surface area contributed by atoms with E-state index in [1.807, 2.05) is 0 Å². The van der Waals surface area contributed by atoms with Crippen molar-refractivity contribution in [3.63, 3.8) is 0 Å². The van der Waals surface area contributed by atoms with Crippen molar-refractivity contribution in [1.82, 2.24) is 4.90 Å². The average molecular weight is 448 g/mol. The van der Waals surface area contributed by atoms with Crippen LogP contribution in [-0.2, 0) is 20.9 Å². The smallest absolute Gasteiger partial charge is 0.323 e. The number of nitrogens with two attached hydrogens (primary N) is 1. The van der Waals surface area contributed by atoms with Gasteiger partial charge in [-0.2, -0.15) is 0 Å². The first-order valence-corrected chi connectivity index (χ1v) is 9.76. The second-order valence-electron chi connectivity index (χ2n) is 7.44. The number of carbonyl (C=O) groups excluding carboxylic acids is 1.